The molecule has 1 atom stereocenters. The van der Waals surface area contributed by atoms with Crippen LogP contribution < -0.4 is 5.32 Å². The van der Waals surface area contributed by atoms with Crippen molar-refractivity contribution < 1.29 is 9.26 Å². The second kappa shape index (κ2) is 5.59. The topological polar surface area (TPSA) is 60.2 Å². The lowest BCUT2D eigenvalue weighted by Gasteiger charge is -2.33. The van der Waals surface area contributed by atoms with Gasteiger partial charge in [-0.1, -0.05) is 12.1 Å². The summed E-state index contributed by atoms with van der Waals surface area (Å²) in [5, 5.41) is 7.70. The zero-order valence-electron chi connectivity index (χ0n) is 11.7. The molecule has 2 saturated heterocycles. The Labute approximate surface area is 114 Å². The van der Waals surface area contributed by atoms with E-state index in [1.54, 1.807) is 0 Å². The predicted molar refractivity (Wildman–Crippen MR) is 71.2 cm³/mol. The Hall–Kier alpha value is -0.940. The minimum absolute atomic E-state index is 0.0503. The third-order valence-corrected chi connectivity index (χ3v) is 4.63. The van der Waals surface area contributed by atoms with Crippen molar-refractivity contribution in [2.45, 2.75) is 50.4 Å². The van der Waals surface area contributed by atoms with Crippen LogP contribution in [0.2, 0.25) is 0 Å². The summed E-state index contributed by atoms with van der Waals surface area (Å²) < 4.78 is 11.0. The highest BCUT2D eigenvalue weighted by atomic mass is 16.5. The van der Waals surface area contributed by atoms with Crippen LogP contribution >= 0.6 is 0 Å². The number of nitrogens with zero attached hydrogens (tertiary/aromatic N) is 2. The zero-order chi connectivity index (χ0) is 13.1. The van der Waals surface area contributed by atoms with E-state index in [4.69, 9.17) is 14.2 Å². The SMILES string of the molecule is CCC1(c2nc(C3CCOCC3)no2)CCCNC1. The molecule has 19 heavy (non-hydrogen) atoms. The van der Waals surface area contributed by atoms with Gasteiger partial charge in [-0.05, 0) is 38.6 Å². The molecule has 1 aromatic rings. The standard InChI is InChI=1S/C14H23N3O2/c1-2-14(6-3-7-15-10-14)13-16-12(17-19-13)11-4-8-18-9-5-11/h11,15H,2-10H2,1H3. The summed E-state index contributed by atoms with van der Waals surface area (Å²) in [7, 11) is 0. The largest absolute Gasteiger partial charge is 0.381 e. The first-order valence-electron chi connectivity index (χ1n) is 7.46. The molecule has 1 unspecified atom stereocenters. The van der Waals surface area contributed by atoms with Crippen molar-refractivity contribution in [3.05, 3.63) is 11.7 Å². The van der Waals surface area contributed by atoms with Crippen LogP contribution in [0.15, 0.2) is 4.52 Å². The van der Waals surface area contributed by atoms with Gasteiger partial charge >= 0.3 is 0 Å². The molecule has 2 fully saturated rings. The number of rotatable bonds is 3. The summed E-state index contributed by atoms with van der Waals surface area (Å²) in [4.78, 5) is 4.73. The Balaban J connectivity index is 1.79. The van der Waals surface area contributed by atoms with E-state index >= 15 is 0 Å². The summed E-state index contributed by atoms with van der Waals surface area (Å²) in [5.74, 6) is 2.14. The first kappa shape index (κ1) is 13.1. The molecule has 106 valence electrons. The summed E-state index contributed by atoms with van der Waals surface area (Å²) in [6.45, 7) is 5.90. The molecule has 5 heteroatoms. The number of ether oxygens (including phenoxy) is 1. The summed E-state index contributed by atoms with van der Waals surface area (Å²) in [5.41, 5.74) is 0.0503. The van der Waals surface area contributed by atoms with Gasteiger partial charge in [0.05, 0.1) is 5.41 Å². The number of hydrogen-bond donors (Lipinski definition) is 1. The third kappa shape index (κ3) is 2.54. The zero-order valence-corrected chi connectivity index (χ0v) is 11.7. The van der Waals surface area contributed by atoms with E-state index in [0.29, 0.717) is 5.92 Å². The van der Waals surface area contributed by atoms with Gasteiger partial charge in [0.1, 0.15) is 0 Å². The van der Waals surface area contributed by atoms with Gasteiger partial charge < -0.3 is 14.6 Å². The number of nitrogens with one attached hydrogen (secondary N) is 1. The highest BCUT2D eigenvalue weighted by Crippen LogP contribution is 2.34. The average molecular weight is 265 g/mol. The lowest BCUT2D eigenvalue weighted by Crippen LogP contribution is -2.43. The van der Waals surface area contributed by atoms with Crippen molar-refractivity contribution in [3.63, 3.8) is 0 Å². The van der Waals surface area contributed by atoms with Crippen LogP contribution in [0.1, 0.15) is 56.7 Å². The van der Waals surface area contributed by atoms with E-state index in [0.717, 1.165) is 63.7 Å². The van der Waals surface area contributed by atoms with Crippen LogP contribution in [0.5, 0.6) is 0 Å². The van der Waals surface area contributed by atoms with Gasteiger partial charge in [0, 0.05) is 25.7 Å². The Morgan fingerprint density at radius 3 is 2.89 bits per heavy atom. The molecule has 0 aliphatic carbocycles. The second-order valence-corrected chi connectivity index (χ2v) is 5.76. The van der Waals surface area contributed by atoms with Gasteiger partial charge in [-0.15, -0.1) is 0 Å². The van der Waals surface area contributed by atoms with E-state index in [9.17, 15) is 0 Å². The maximum atomic E-state index is 5.61. The molecule has 0 amide bonds. The molecule has 0 radical (unpaired) electrons. The molecule has 2 aliphatic rings. The van der Waals surface area contributed by atoms with Crippen LogP contribution in [0.3, 0.4) is 0 Å². The maximum absolute atomic E-state index is 5.61. The van der Waals surface area contributed by atoms with Gasteiger partial charge in [-0.3, -0.25) is 0 Å². The van der Waals surface area contributed by atoms with Gasteiger partial charge in [0.25, 0.3) is 0 Å². The number of hydrogen-bond acceptors (Lipinski definition) is 5. The maximum Gasteiger partial charge on any atom is 0.234 e. The highest BCUT2D eigenvalue weighted by molar-refractivity contribution is 5.09. The molecule has 2 aliphatic heterocycles. The fourth-order valence-electron chi connectivity index (χ4n) is 3.18. The van der Waals surface area contributed by atoms with Gasteiger partial charge in [-0.2, -0.15) is 4.98 Å². The minimum atomic E-state index is 0.0503. The Bertz CT molecular complexity index is 407. The van der Waals surface area contributed by atoms with Crippen molar-refractivity contribution in [3.8, 4) is 0 Å². The average Bonchev–Trinajstić information content (AvgIpc) is 2.99. The van der Waals surface area contributed by atoms with Crippen molar-refractivity contribution in [2.24, 2.45) is 0 Å². The van der Waals surface area contributed by atoms with E-state index < -0.39 is 0 Å². The molecule has 1 aromatic heterocycles. The molecular weight excluding hydrogens is 242 g/mol. The minimum Gasteiger partial charge on any atom is -0.381 e. The normalized spacial score (nSPS) is 29.5. The van der Waals surface area contributed by atoms with E-state index in [-0.39, 0.29) is 5.41 Å². The van der Waals surface area contributed by atoms with Crippen LogP contribution in [0, 0.1) is 0 Å². The van der Waals surface area contributed by atoms with E-state index in [1.807, 2.05) is 0 Å². The molecule has 0 saturated carbocycles. The van der Waals surface area contributed by atoms with Gasteiger partial charge in [-0.25, -0.2) is 0 Å². The lowest BCUT2D eigenvalue weighted by molar-refractivity contribution is 0.0830. The second-order valence-electron chi connectivity index (χ2n) is 5.76. The number of aromatic nitrogens is 2. The van der Waals surface area contributed by atoms with Crippen molar-refractivity contribution in [2.75, 3.05) is 26.3 Å². The Morgan fingerprint density at radius 1 is 1.37 bits per heavy atom. The first-order valence-corrected chi connectivity index (χ1v) is 7.46. The number of piperidine rings is 1. The Kier molecular flexibility index (Phi) is 3.84. The summed E-state index contributed by atoms with van der Waals surface area (Å²) >= 11 is 0. The summed E-state index contributed by atoms with van der Waals surface area (Å²) in [6.07, 6.45) is 5.40. The fourth-order valence-corrected chi connectivity index (χ4v) is 3.18. The molecule has 5 nitrogen and oxygen atoms in total. The monoisotopic (exact) mass is 265 g/mol. The van der Waals surface area contributed by atoms with Crippen LogP contribution in [-0.2, 0) is 10.2 Å². The smallest absolute Gasteiger partial charge is 0.234 e. The quantitative estimate of drug-likeness (QED) is 0.905. The molecule has 0 aromatic carbocycles. The molecule has 1 N–H and O–H groups in total. The molecule has 3 rings (SSSR count). The molecule has 0 spiro atoms. The van der Waals surface area contributed by atoms with Crippen molar-refractivity contribution in [1.29, 1.82) is 0 Å². The summed E-state index contributed by atoms with van der Waals surface area (Å²) in [6, 6.07) is 0. The highest BCUT2D eigenvalue weighted by Gasteiger charge is 2.38. The van der Waals surface area contributed by atoms with Crippen molar-refractivity contribution >= 4 is 0 Å². The van der Waals surface area contributed by atoms with Gasteiger partial charge in [0.15, 0.2) is 5.82 Å². The van der Waals surface area contributed by atoms with E-state index in [2.05, 4.69) is 17.4 Å². The first-order chi connectivity index (χ1) is 9.34. The lowest BCUT2D eigenvalue weighted by atomic mass is 9.78. The predicted octanol–water partition coefficient (Wildman–Crippen LogP) is 1.99. The molecule has 3 heterocycles. The molecule has 0 bridgehead atoms. The van der Waals surface area contributed by atoms with Crippen LogP contribution in [-0.4, -0.2) is 36.4 Å². The molecular formula is C14H23N3O2. The third-order valence-electron chi connectivity index (χ3n) is 4.63. The van der Waals surface area contributed by atoms with Crippen molar-refractivity contribution in [1.82, 2.24) is 15.5 Å². The fraction of sp³-hybridized carbons (Fsp3) is 0.857. The Morgan fingerprint density at radius 2 is 2.21 bits per heavy atom. The van der Waals surface area contributed by atoms with Gasteiger partial charge in [0.2, 0.25) is 5.89 Å². The van der Waals surface area contributed by atoms with E-state index in [1.165, 1.54) is 6.42 Å². The van der Waals surface area contributed by atoms with Crippen LogP contribution in [0.25, 0.3) is 0 Å². The van der Waals surface area contributed by atoms with Crippen LogP contribution in [0.4, 0.5) is 0 Å².